The minimum Gasteiger partial charge on any atom is -0.497 e. The van der Waals surface area contributed by atoms with Gasteiger partial charge in [0.1, 0.15) is 5.75 Å². The van der Waals surface area contributed by atoms with Gasteiger partial charge in [0.05, 0.1) is 18.5 Å². The van der Waals surface area contributed by atoms with Crippen LogP contribution in [-0.2, 0) is 0 Å². The third-order valence-corrected chi connectivity index (χ3v) is 4.06. The molecular weight excluding hydrogens is 362 g/mol. The molecule has 0 fully saturated rings. The lowest BCUT2D eigenvalue weighted by Crippen LogP contribution is -1.92. The maximum absolute atomic E-state index is 6.08. The number of rotatable bonds is 3. The molecule has 0 aliphatic carbocycles. The quantitative estimate of drug-likeness (QED) is 0.574. The van der Waals surface area contributed by atoms with E-state index in [1.54, 1.807) is 7.11 Å². The molecule has 3 aromatic rings. The molecule has 4 heteroatoms. The molecule has 0 radical (unpaired) electrons. The SMILES string of the molecule is COc1cc(-c2ccc(Br)cc2)nc(-c2cccc(Cl)c2)c1. The van der Waals surface area contributed by atoms with E-state index < -0.39 is 0 Å². The van der Waals surface area contributed by atoms with Crippen LogP contribution in [0.3, 0.4) is 0 Å². The summed E-state index contributed by atoms with van der Waals surface area (Å²) in [6.07, 6.45) is 0. The second-order valence-corrected chi connectivity index (χ2v) is 6.15. The van der Waals surface area contributed by atoms with Crippen molar-refractivity contribution in [2.45, 2.75) is 0 Å². The Bertz CT molecular complexity index is 802. The largest absolute Gasteiger partial charge is 0.497 e. The van der Waals surface area contributed by atoms with Gasteiger partial charge in [-0.2, -0.15) is 0 Å². The molecule has 0 aliphatic heterocycles. The van der Waals surface area contributed by atoms with Gasteiger partial charge in [-0.25, -0.2) is 4.98 Å². The fourth-order valence-corrected chi connectivity index (χ4v) is 2.64. The summed E-state index contributed by atoms with van der Waals surface area (Å²) in [4.78, 5) is 4.74. The van der Waals surface area contributed by atoms with Crippen LogP contribution in [0.2, 0.25) is 5.02 Å². The van der Waals surface area contributed by atoms with Crippen molar-refractivity contribution >= 4 is 27.5 Å². The highest BCUT2D eigenvalue weighted by molar-refractivity contribution is 9.10. The van der Waals surface area contributed by atoms with Crippen LogP contribution in [0.5, 0.6) is 5.75 Å². The number of hydrogen-bond acceptors (Lipinski definition) is 2. The van der Waals surface area contributed by atoms with Crippen molar-refractivity contribution in [2.75, 3.05) is 7.11 Å². The molecule has 0 unspecified atom stereocenters. The minimum absolute atomic E-state index is 0.687. The third-order valence-electron chi connectivity index (χ3n) is 3.29. The Balaban J connectivity index is 2.12. The molecular formula is C18H13BrClNO. The first kappa shape index (κ1) is 15.1. The number of benzene rings is 2. The summed E-state index contributed by atoms with van der Waals surface area (Å²) < 4.78 is 6.45. The average Bonchev–Trinajstić information content (AvgIpc) is 2.55. The van der Waals surface area contributed by atoms with Gasteiger partial charge >= 0.3 is 0 Å². The summed E-state index contributed by atoms with van der Waals surface area (Å²) in [5.74, 6) is 0.767. The van der Waals surface area contributed by atoms with Gasteiger partial charge in [-0.1, -0.05) is 51.8 Å². The smallest absolute Gasteiger partial charge is 0.123 e. The van der Waals surface area contributed by atoms with Crippen molar-refractivity contribution in [3.8, 4) is 28.3 Å². The number of nitrogens with zero attached hydrogens (tertiary/aromatic N) is 1. The monoisotopic (exact) mass is 373 g/mol. The van der Waals surface area contributed by atoms with Gasteiger partial charge in [-0.3, -0.25) is 0 Å². The van der Waals surface area contributed by atoms with E-state index in [1.165, 1.54) is 0 Å². The Morgan fingerprint density at radius 3 is 2.23 bits per heavy atom. The van der Waals surface area contributed by atoms with E-state index in [1.807, 2.05) is 60.7 Å². The van der Waals surface area contributed by atoms with E-state index in [-0.39, 0.29) is 0 Å². The molecule has 2 nitrogen and oxygen atoms in total. The Morgan fingerprint density at radius 2 is 1.59 bits per heavy atom. The van der Waals surface area contributed by atoms with Gasteiger partial charge in [-0.15, -0.1) is 0 Å². The Hall–Kier alpha value is -1.84. The molecule has 1 aromatic heterocycles. The Labute approximate surface area is 142 Å². The zero-order valence-electron chi connectivity index (χ0n) is 11.9. The van der Waals surface area contributed by atoms with E-state index in [2.05, 4.69) is 15.9 Å². The van der Waals surface area contributed by atoms with Gasteiger partial charge in [0.25, 0.3) is 0 Å². The molecule has 0 saturated carbocycles. The van der Waals surface area contributed by atoms with Crippen molar-refractivity contribution in [3.05, 3.63) is 70.2 Å². The highest BCUT2D eigenvalue weighted by Gasteiger charge is 2.08. The van der Waals surface area contributed by atoms with E-state index in [4.69, 9.17) is 21.3 Å². The van der Waals surface area contributed by atoms with Crippen LogP contribution in [0, 0.1) is 0 Å². The molecule has 1 heterocycles. The lowest BCUT2D eigenvalue weighted by Gasteiger charge is -2.09. The van der Waals surface area contributed by atoms with Crippen molar-refractivity contribution in [1.82, 2.24) is 4.98 Å². The zero-order valence-corrected chi connectivity index (χ0v) is 14.2. The lowest BCUT2D eigenvalue weighted by molar-refractivity contribution is 0.414. The van der Waals surface area contributed by atoms with Gasteiger partial charge < -0.3 is 4.74 Å². The third kappa shape index (κ3) is 3.32. The molecule has 0 aliphatic rings. The summed E-state index contributed by atoms with van der Waals surface area (Å²) in [6.45, 7) is 0. The van der Waals surface area contributed by atoms with Crippen LogP contribution >= 0.6 is 27.5 Å². The Morgan fingerprint density at radius 1 is 0.909 bits per heavy atom. The summed E-state index contributed by atoms with van der Waals surface area (Å²) in [7, 11) is 1.66. The van der Waals surface area contributed by atoms with Gasteiger partial charge in [0, 0.05) is 32.8 Å². The summed E-state index contributed by atoms with van der Waals surface area (Å²) in [6, 6.07) is 19.5. The van der Waals surface area contributed by atoms with Crippen LogP contribution in [0.15, 0.2) is 65.1 Å². The number of hydrogen-bond donors (Lipinski definition) is 0. The van der Waals surface area contributed by atoms with Crippen molar-refractivity contribution in [2.24, 2.45) is 0 Å². The van der Waals surface area contributed by atoms with Crippen LogP contribution in [0.1, 0.15) is 0 Å². The summed E-state index contributed by atoms with van der Waals surface area (Å²) in [5.41, 5.74) is 3.69. The van der Waals surface area contributed by atoms with E-state index in [0.717, 1.165) is 32.7 Å². The highest BCUT2D eigenvalue weighted by atomic mass is 79.9. The average molecular weight is 375 g/mol. The van der Waals surface area contributed by atoms with Crippen LogP contribution in [0.25, 0.3) is 22.5 Å². The van der Waals surface area contributed by atoms with Crippen LogP contribution < -0.4 is 4.74 Å². The molecule has 0 amide bonds. The normalized spacial score (nSPS) is 10.5. The lowest BCUT2D eigenvalue weighted by atomic mass is 10.1. The fraction of sp³-hybridized carbons (Fsp3) is 0.0556. The van der Waals surface area contributed by atoms with Crippen molar-refractivity contribution < 1.29 is 4.74 Å². The van der Waals surface area contributed by atoms with Gasteiger partial charge in [0.2, 0.25) is 0 Å². The molecule has 22 heavy (non-hydrogen) atoms. The number of ether oxygens (including phenoxy) is 1. The first-order valence-electron chi connectivity index (χ1n) is 6.73. The number of methoxy groups -OCH3 is 1. The number of pyridine rings is 1. The fourth-order valence-electron chi connectivity index (χ4n) is 2.19. The molecule has 0 bridgehead atoms. The van der Waals surface area contributed by atoms with E-state index in [0.29, 0.717) is 5.02 Å². The molecule has 0 atom stereocenters. The second kappa shape index (κ2) is 6.51. The first-order chi connectivity index (χ1) is 10.7. The predicted octanol–water partition coefficient (Wildman–Crippen LogP) is 5.84. The molecule has 3 rings (SSSR count). The molecule has 0 spiro atoms. The molecule has 0 saturated heterocycles. The predicted molar refractivity (Wildman–Crippen MR) is 94.4 cm³/mol. The summed E-state index contributed by atoms with van der Waals surface area (Å²) >= 11 is 9.52. The van der Waals surface area contributed by atoms with Crippen LogP contribution in [0.4, 0.5) is 0 Å². The topological polar surface area (TPSA) is 22.1 Å². The Kier molecular flexibility index (Phi) is 4.46. The maximum Gasteiger partial charge on any atom is 0.123 e. The number of halogens is 2. The van der Waals surface area contributed by atoms with Gasteiger partial charge in [0.15, 0.2) is 0 Å². The van der Waals surface area contributed by atoms with E-state index >= 15 is 0 Å². The van der Waals surface area contributed by atoms with E-state index in [9.17, 15) is 0 Å². The van der Waals surface area contributed by atoms with Crippen molar-refractivity contribution in [3.63, 3.8) is 0 Å². The standard InChI is InChI=1S/C18H13BrClNO/c1-22-16-10-17(12-5-7-14(19)8-6-12)21-18(11-16)13-3-2-4-15(20)9-13/h2-11H,1H3. The highest BCUT2D eigenvalue weighted by Crippen LogP contribution is 2.29. The molecule has 2 aromatic carbocycles. The zero-order chi connectivity index (χ0) is 15.5. The molecule has 0 N–H and O–H groups in total. The van der Waals surface area contributed by atoms with Crippen LogP contribution in [-0.4, -0.2) is 12.1 Å². The maximum atomic E-state index is 6.08. The van der Waals surface area contributed by atoms with Crippen molar-refractivity contribution in [1.29, 1.82) is 0 Å². The number of aromatic nitrogens is 1. The molecule has 110 valence electrons. The first-order valence-corrected chi connectivity index (χ1v) is 7.91. The summed E-state index contributed by atoms with van der Waals surface area (Å²) in [5, 5.41) is 0.687. The minimum atomic E-state index is 0.687. The second-order valence-electron chi connectivity index (χ2n) is 4.79. The van der Waals surface area contributed by atoms with Gasteiger partial charge in [-0.05, 0) is 24.3 Å².